The highest BCUT2D eigenvalue weighted by Crippen LogP contribution is 2.23. The molecule has 2 aromatic rings. The van der Waals surface area contributed by atoms with E-state index in [1.807, 2.05) is 24.3 Å². The Balaban J connectivity index is 2.02. The maximum absolute atomic E-state index is 12.3. The summed E-state index contributed by atoms with van der Waals surface area (Å²) in [5.41, 5.74) is 2.72. The van der Waals surface area contributed by atoms with E-state index in [9.17, 15) is 4.79 Å². The van der Waals surface area contributed by atoms with Crippen molar-refractivity contribution in [1.82, 2.24) is 0 Å². The van der Waals surface area contributed by atoms with E-state index < -0.39 is 0 Å². The second-order valence-corrected chi connectivity index (χ2v) is 6.41. The highest BCUT2D eigenvalue weighted by Gasteiger charge is 2.13. The summed E-state index contributed by atoms with van der Waals surface area (Å²) in [6.07, 6.45) is 1.68. The summed E-state index contributed by atoms with van der Waals surface area (Å²) < 4.78 is 5.40. The van der Waals surface area contributed by atoms with Crippen molar-refractivity contribution >= 4 is 11.6 Å². The number of benzene rings is 2. The van der Waals surface area contributed by atoms with Gasteiger partial charge in [-0.2, -0.15) is 0 Å². The molecule has 1 amide bonds. The molecule has 0 spiro atoms. The average molecular weight is 309 g/mol. The number of hydrogen-bond acceptors (Lipinski definition) is 2. The second kappa shape index (κ2) is 7.14. The van der Waals surface area contributed by atoms with Crippen LogP contribution in [-0.4, -0.2) is 12.5 Å². The van der Waals surface area contributed by atoms with Gasteiger partial charge < -0.3 is 10.1 Å². The molecule has 3 nitrogen and oxygen atoms in total. The normalized spacial score (nSPS) is 10.9. The Morgan fingerprint density at radius 2 is 1.70 bits per heavy atom. The Morgan fingerprint density at radius 3 is 2.22 bits per heavy atom. The lowest BCUT2D eigenvalue weighted by atomic mass is 9.87. The fourth-order valence-corrected chi connectivity index (χ4v) is 2.11. The maximum atomic E-state index is 12.3. The van der Waals surface area contributed by atoms with Crippen LogP contribution in [-0.2, 0) is 5.41 Å². The largest absolute Gasteiger partial charge is 0.490 e. The quantitative estimate of drug-likeness (QED) is 0.806. The summed E-state index contributed by atoms with van der Waals surface area (Å²) in [7, 11) is 0. The fourth-order valence-electron chi connectivity index (χ4n) is 2.11. The molecule has 0 aliphatic heterocycles. The summed E-state index contributed by atoms with van der Waals surface area (Å²) in [4.78, 5) is 12.3. The number of hydrogen-bond donors (Lipinski definition) is 1. The third-order valence-electron chi connectivity index (χ3n) is 3.49. The van der Waals surface area contributed by atoms with Gasteiger partial charge in [-0.05, 0) is 47.4 Å². The van der Waals surface area contributed by atoms with Gasteiger partial charge in [0.1, 0.15) is 12.4 Å². The van der Waals surface area contributed by atoms with Crippen LogP contribution in [0.2, 0.25) is 0 Å². The molecule has 120 valence electrons. The van der Waals surface area contributed by atoms with Crippen LogP contribution in [0.25, 0.3) is 0 Å². The predicted octanol–water partition coefficient (Wildman–Crippen LogP) is 4.80. The van der Waals surface area contributed by atoms with Gasteiger partial charge in [-0.3, -0.25) is 4.79 Å². The zero-order chi connectivity index (χ0) is 16.9. The van der Waals surface area contributed by atoms with E-state index >= 15 is 0 Å². The van der Waals surface area contributed by atoms with Gasteiger partial charge in [0.15, 0.2) is 0 Å². The smallest absolute Gasteiger partial charge is 0.255 e. The molecule has 1 N–H and O–H groups in total. The number of carbonyl (C=O) groups excluding carboxylic acids is 1. The molecular formula is C20H23NO2. The first-order valence-corrected chi connectivity index (χ1v) is 7.66. The van der Waals surface area contributed by atoms with Crippen molar-refractivity contribution < 1.29 is 9.53 Å². The standard InChI is InChI=1S/C20H23NO2/c1-5-14-23-18-12-6-15(7-13-18)19(22)21-17-10-8-16(9-11-17)20(2,3)4/h5-13H,1,14H2,2-4H3,(H,21,22). The fraction of sp³-hybridized carbons (Fsp3) is 0.250. The highest BCUT2D eigenvalue weighted by molar-refractivity contribution is 6.04. The molecule has 3 heteroatoms. The van der Waals surface area contributed by atoms with Crippen LogP contribution in [0.3, 0.4) is 0 Å². The first kappa shape index (κ1) is 16.8. The Bertz CT molecular complexity index is 664. The van der Waals surface area contributed by atoms with E-state index in [1.165, 1.54) is 5.56 Å². The van der Waals surface area contributed by atoms with Gasteiger partial charge >= 0.3 is 0 Å². The Hall–Kier alpha value is -2.55. The number of ether oxygens (including phenoxy) is 1. The number of rotatable bonds is 5. The highest BCUT2D eigenvalue weighted by atomic mass is 16.5. The van der Waals surface area contributed by atoms with Crippen LogP contribution in [0.15, 0.2) is 61.2 Å². The SMILES string of the molecule is C=CCOc1ccc(C(=O)Nc2ccc(C(C)(C)C)cc2)cc1. The summed E-state index contributed by atoms with van der Waals surface area (Å²) in [5, 5.41) is 2.90. The van der Waals surface area contributed by atoms with Crippen molar-refractivity contribution in [3.8, 4) is 5.75 Å². The number of anilines is 1. The zero-order valence-electron chi connectivity index (χ0n) is 13.9. The van der Waals surface area contributed by atoms with Gasteiger partial charge in [0.05, 0.1) is 0 Å². The minimum Gasteiger partial charge on any atom is -0.490 e. The molecule has 2 rings (SSSR count). The zero-order valence-corrected chi connectivity index (χ0v) is 13.9. The molecule has 2 aromatic carbocycles. The van der Waals surface area contributed by atoms with Gasteiger partial charge in [-0.25, -0.2) is 0 Å². The molecule has 0 bridgehead atoms. The molecule has 23 heavy (non-hydrogen) atoms. The first-order chi connectivity index (χ1) is 10.9. The van der Waals surface area contributed by atoms with Crippen molar-refractivity contribution in [2.75, 3.05) is 11.9 Å². The van der Waals surface area contributed by atoms with Crippen LogP contribution in [0.4, 0.5) is 5.69 Å². The van der Waals surface area contributed by atoms with Crippen LogP contribution < -0.4 is 10.1 Å². The minimum atomic E-state index is -0.135. The van der Waals surface area contributed by atoms with Gasteiger partial charge in [0.2, 0.25) is 0 Å². The van der Waals surface area contributed by atoms with E-state index in [2.05, 4.69) is 32.7 Å². The molecule has 0 unspecified atom stereocenters. The molecular weight excluding hydrogens is 286 g/mol. The van der Waals surface area contributed by atoms with Crippen molar-refractivity contribution in [1.29, 1.82) is 0 Å². The van der Waals surface area contributed by atoms with Crippen molar-refractivity contribution in [2.24, 2.45) is 0 Å². The summed E-state index contributed by atoms with van der Waals surface area (Å²) >= 11 is 0. The Labute approximate surface area is 138 Å². The minimum absolute atomic E-state index is 0.101. The molecule has 0 aliphatic rings. The first-order valence-electron chi connectivity index (χ1n) is 7.66. The van der Waals surface area contributed by atoms with Crippen molar-refractivity contribution in [3.63, 3.8) is 0 Å². The van der Waals surface area contributed by atoms with Crippen LogP contribution >= 0.6 is 0 Å². The lowest BCUT2D eigenvalue weighted by Gasteiger charge is -2.19. The van der Waals surface area contributed by atoms with Crippen molar-refractivity contribution in [2.45, 2.75) is 26.2 Å². The monoisotopic (exact) mass is 309 g/mol. The van der Waals surface area contributed by atoms with E-state index in [4.69, 9.17) is 4.74 Å². The van der Waals surface area contributed by atoms with E-state index in [-0.39, 0.29) is 11.3 Å². The van der Waals surface area contributed by atoms with E-state index in [0.29, 0.717) is 12.2 Å². The molecule has 0 aromatic heterocycles. The molecule has 0 radical (unpaired) electrons. The van der Waals surface area contributed by atoms with Gasteiger partial charge in [-0.1, -0.05) is 45.6 Å². The molecule has 0 fully saturated rings. The van der Waals surface area contributed by atoms with Crippen LogP contribution in [0.5, 0.6) is 5.75 Å². The number of carbonyl (C=O) groups is 1. The topological polar surface area (TPSA) is 38.3 Å². The predicted molar refractivity (Wildman–Crippen MR) is 95.2 cm³/mol. The van der Waals surface area contributed by atoms with E-state index in [0.717, 1.165) is 11.4 Å². The number of amides is 1. The molecule has 0 atom stereocenters. The van der Waals surface area contributed by atoms with Crippen molar-refractivity contribution in [3.05, 3.63) is 72.3 Å². The van der Waals surface area contributed by atoms with Gasteiger partial charge in [0, 0.05) is 11.3 Å². The third-order valence-corrected chi connectivity index (χ3v) is 3.49. The summed E-state index contributed by atoms with van der Waals surface area (Å²) in [6.45, 7) is 10.5. The lowest BCUT2D eigenvalue weighted by Crippen LogP contribution is -2.13. The molecule has 0 saturated heterocycles. The van der Waals surface area contributed by atoms with Gasteiger partial charge in [0.25, 0.3) is 5.91 Å². The lowest BCUT2D eigenvalue weighted by molar-refractivity contribution is 0.102. The molecule has 0 saturated carbocycles. The van der Waals surface area contributed by atoms with Crippen LogP contribution in [0.1, 0.15) is 36.7 Å². The Kier molecular flexibility index (Phi) is 5.22. The summed E-state index contributed by atoms with van der Waals surface area (Å²) in [6, 6.07) is 15.0. The molecule has 0 aliphatic carbocycles. The second-order valence-electron chi connectivity index (χ2n) is 6.41. The average Bonchev–Trinajstić information content (AvgIpc) is 2.53. The maximum Gasteiger partial charge on any atom is 0.255 e. The Morgan fingerprint density at radius 1 is 1.09 bits per heavy atom. The van der Waals surface area contributed by atoms with Gasteiger partial charge in [-0.15, -0.1) is 0 Å². The third kappa shape index (κ3) is 4.71. The summed E-state index contributed by atoms with van der Waals surface area (Å²) in [5.74, 6) is 0.583. The van der Waals surface area contributed by atoms with Crippen LogP contribution in [0, 0.1) is 0 Å². The number of nitrogens with one attached hydrogen (secondary N) is 1. The molecule has 0 heterocycles. The van der Waals surface area contributed by atoms with E-state index in [1.54, 1.807) is 30.3 Å².